The molecule has 0 aliphatic carbocycles. The molecular weight excluding hydrogens is 283 g/mol. The van der Waals surface area contributed by atoms with Crippen molar-refractivity contribution in [2.45, 2.75) is 12.7 Å². The summed E-state index contributed by atoms with van der Waals surface area (Å²) in [5.74, 6) is -0.148. The zero-order valence-electron chi connectivity index (χ0n) is 11.6. The summed E-state index contributed by atoms with van der Waals surface area (Å²) < 4.78 is 36.9. The van der Waals surface area contributed by atoms with Gasteiger partial charge in [0.05, 0.1) is 6.54 Å². The molecule has 1 aromatic carbocycles. The number of amides is 1. The average Bonchev–Trinajstić information content (AvgIpc) is 2.46. The number of carbonyl (C=O) groups is 1. The Kier molecular flexibility index (Phi) is 4.84. The van der Waals surface area contributed by atoms with E-state index in [0.717, 1.165) is 5.56 Å². The fraction of sp³-hybridized carbons (Fsp3) is 0.500. The van der Waals surface area contributed by atoms with Gasteiger partial charge in [0.25, 0.3) is 5.91 Å². The minimum Gasteiger partial charge on any atom is -0.336 e. The molecule has 1 aliphatic rings. The Labute approximate surface area is 121 Å². The number of nitrogens with zero attached hydrogens (tertiary/aromatic N) is 2. The van der Waals surface area contributed by atoms with E-state index in [1.165, 1.54) is 4.90 Å². The van der Waals surface area contributed by atoms with Gasteiger partial charge in [0, 0.05) is 38.3 Å². The summed E-state index contributed by atoms with van der Waals surface area (Å²) in [6, 6.07) is 6.97. The van der Waals surface area contributed by atoms with E-state index in [4.69, 9.17) is 5.73 Å². The molecule has 0 atom stereocenters. The Hall–Kier alpha value is -1.60. The van der Waals surface area contributed by atoms with Crippen LogP contribution >= 0.6 is 0 Å². The summed E-state index contributed by atoms with van der Waals surface area (Å²) in [6.45, 7) is 0.601. The first-order valence-electron chi connectivity index (χ1n) is 6.76. The molecule has 21 heavy (non-hydrogen) atoms. The van der Waals surface area contributed by atoms with Crippen LogP contribution in [-0.4, -0.2) is 54.6 Å². The molecule has 0 saturated carbocycles. The van der Waals surface area contributed by atoms with Gasteiger partial charge in [-0.25, -0.2) is 0 Å². The molecule has 0 bridgehead atoms. The summed E-state index contributed by atoms with van der Waals surface area (Å²) in [5, 5.41) is 0. The number of carbonyl (C=O) groups excluding carboxylic acids is 1. The van der Waals surface area contributed by atoms with Crippen molar-refractivity contribution < 1.29 is 18.0 Å². The smallest absolute Gasteiger partial charge is 0.336 e. The van der Waals surface area contributed by atoms with Gasteiger partial charge in [-0.05, 0) is 17.7 Å². The average molecular weight is 301 g/mol. The van der Waals surface area contributed by atoms with Crippen LogP contribution in [0.2, 0.25) is 0 Å². The van der Waals surface area contributed by atoms with Crippen molar-refractivity contribution in [3.8, 4) is 0 Å². The third-order valence-corrected chi connectivity index (χ3v) is 3.50. The highest BCUT2D eigenvalue weighted by molar-refractivity contribution is 5.94. The lowest BCUT2D eigenvalue weighted by Crippen LogP contribution is -2.50. The second-order valence-corrected chi connectivity index (χ2v) is 5.08. The van der Waals surface area contributed by atoms with Crippen molar-refractivity contribution in [2.75, 3.05) is 32.7 Å². The fourth-order valence-electron chi connectivity index (χ4n) is 2.33. The van der Waals surface area contributed by atoms with E-state index >= 15 is 0 Å². The molecule has 0 unspecified atom stereocenters. The Morgan fingerprint density at radius 3 is 2.14 bits per heavy atom. The summed E-state index contributed by atoms with van der Waals surface area (Å²) in [5.41, 5.74) is 6.96. The van der Waals surface area contributed by atoms with E-state index in [2.05, 4.69) is 0 Å². The lowest BCUT2D eigenvalue weighted by molar-refractivity contribution is -0.148. The Morgan fingerprint density at radius 2 is 1.67 bits per heavy atom. The van der Waals surface area contributed by atoms with Gasteiger partial charge >= 0.3 is 6.18 Å². The minimum absolute atomic E-state index is 0.148. The van der Waals surface area contributed by atoms with Crippen molar-refractivity contribution in [1.29, 1.82) is 0 Å². The monoisotopic (exact) mass is 301 g/mol. The van der Waals surface area contributed by atoms with Crippen LogP contribution in [0.1, 0.15) is 15.9 Å². The van der Waals surface area contributed by atoms with Crippen molar-refractivity contribution in [3.63, 3.8) is 0 Å². The molecule has 0 spiro atoms. The number of rotatable bonds is 3. The highest BCUT2D eigenvalue weighted by Gasteiger charge is 2.32. The topological polar surface area (TPSA) is 49.6 Å². The van der Waals surface area contributed by atoms with Gasteiger partial charge in [0.1, 0.15) is 0 Å². The van der Waals surface area contributed by atoms with Gasteiger partial charge in [0.15, 0.2) is 0 Å². The van der Waals surface area contributed by atoms with Gasteiger partial charge in [-0.2, -0.15) is 13.2 Å². The summed E-state index contributed by atoms with van der Waals surface area (Å²) >= 11 is 0. The van der Waals surface area contributed by atoms with Gasteiger partial charge < -0.3 is 10.6 Å². The highest BCUT2D eigenvalue weighted by Crippen LogP contribution is 2.18. The van der Waals surface area contributed by atoms with E-state index in [-0.39, 0.29) is 19.0 Å². The third kappa shape index (κ3) is 4.44. The molecule has 1 aliphatic heterocycles. The van der Waals surface area contributed by atoms with Crippen LogP contribution in [0.4, 0.5) is 13.2 Å². The number of hydrogen-bond donors (Lipinski definition) is 1. The SMILES string of the molecule is NCc1ccc(C(=O)N2CCN(CC(F)(F)F)CC2)cc1. The van der Waals surface area contributed by atoms with Crippen LogP contribution in [-0.2, 0) is 6.54 Å². The van der Waals surface area contributed by atoms with Crippen molar-refractivity contribution in [1.82, 2.24) is 9.80 Å². The fourth-order valence-corrected chi connectivity index (χ4v) is 2.33. The number of benzene rings is 1. The number of hydrogen-bond acceptors (Lipinski definition) is 3. The first-order valence-corrected chi connectivity index (χ1v) is 6.76. The number of halogens is 3. The summed E-state index contributed by atoms with van der Waals surface area (Å²) in [4.78, 5) is 15.2. The van der Waals surface area contributed by atoms with Gasteiger partial charge in [-0.3, -0.25) is 9.69 Å². The van der Waals surface area contributed by atoms with E-state index in [1.807, 2.05) is 0 Å². The van der Waals surface area contributed by atoms with Gasteiger partial charge in [-0.15, -0.1) is 0 Å². The maximum Gasteiger partial charge on any atom is 0.401 e. The van der Waals surface area contributed by atoms with Gasteiger partial charge in [-0.1, -0.05) is 12.1 Å². The first kappa shape index (κ1) is 15.8. The van der Waals surface area contributed by atoms with E-state index in [1.54, 1.807) is 29.2 Å². The lowest BCUT2D eigenvalue weighted by Gasteiger charge is -2.35. The van der Waals surface area contributed by atoms with E-state index in [9.17, 15) is 18.0 Å². The molecule has 0 aromatic heterocycles. The molecule has 1 amide bonds. The van der Waals surface area contributed by atoms with Crippen molar-refractivity contribution >= 4 is 5.91 Å². The maximum absolute atomic E-state index is 12.3. The number of nitrogens with two attached hydrogens (primary N) is 1. The van der Waals surface area contributed by atoms with Crippen molar-refractivity contribution in [2.24, 2.45) is 5.73 Å². The predicted molar refractivity (Wildman–Crippen MR) is 72.7 cm³/mol. The third-order valence-electron chi connectivity index (χ3n) is 3.50. The minimum atomic E-state index is -4.19. The molecule has 1 saturated heterocycles. The molecule has 1 aromatic rings. The van der Waals surface area contributed by atoms with E-state index < -0.39 is 12.7 Å². The number of alkyl halides is 3. The molecule has 1 heterocycles. The molecule has 2 rings (SSSR count). The molecule has 116 valence electrons. The molecule has 4 nitrogen and oxygen atoms in total. The summed E-state index contributed by atoms with van der Waals surface area (Å²) in [6.07, 6.45) is -4.19. The zero-order chi connectivity index (χ0) is 15.5. The maximum atomic E-state index is 12.3. The molecule has 0 radical (unpaired) electrons. The van der Waals surface area contributed by atoms with E-state index in [0.29, 0.717) is 25.2 Å². The Morgan fingerprint density at radius 1 is 1.10 bits per heavy atom. The largest absolute Gasteiger partial charge is 0.401 e. The zero-order valence-corrected chi connectivity index (χ0v) is 11.6. The molecule has 2 N–H and O–H groups in total. The first-order chi connectivity index (χ1) is 9.89. The van der Waals surface area contributed by atoms with Crippen LogP contribution in [0.15, 0.2) is 24.3 Å². The van der Waals surface area contributed by atoms with Gasteiger partial charge in [0.2, 0.25) is 0 Å². The quantitative estimate of drug-likeness (QED) is 0.919. The molecule has 1 fully saturated rings. The standard InChI is InChI=1S/C14H18F3N3O/c15-14(16,17)10-19-5-7-20(8-6-19)13(21)12-3-1-11(9-18)2-4-12/h1-4H,5-10,18H2. The molecule has 7 heteroatoms. The second kappa shape index (κ2) is 6.44. The van der Waals surface area contributed by atoms with Crippen LogP contribution in [0, 0.1) is 0 Å². The Bertz CT molecular complexity index is 479. The second-order valence-electron chi connectivity index (χ2n) is 5.08. The van der Waals surface area contributed by atoms with Crippen LogP contribution in [0.5, 0.6) is 0 Å². The lowest BCUT2D eigenvalue weighted by atomic mass is 10.1. The molecular formula is C14H18F3N3O. The predicted octanol–water partition coefficient (Wildman–Crippen LogP) is 1.47. The Balaban J connectivity index is 1.90. The number of piperazine rings is 1. The highest BCUT2D eigenvalue weighted by atomic mass is 19.4. The summed E-state index contributed by atoms with van der Waals surface area (Å²) in [7, 11) is 0. The van der Waals surface area contributed by atoms with Crippen LogP contribution in [0.3, 0.4) is 0 Å². The van der Waals surface area contributed by atoms with Crippen molar-refractivity contribution in [3.05, 3.63) is 35.4 Å². The van der Waals surface area contributed by atoms with Crippen LogP contribution in [0.25, 0.3) is 0 Å². The van der Waals surface area contributed by atoms with Crippen LogP contribution < -0.4 is 5.73 Å². The normalized spacial score (nSPS) is 17.0.